The molecular weight excluding hydrogens is 252 g/mol. The second kappa shape index (κ2) is 6.02. The van der Waals surface area contributed by atoms with E-state index in [2.05, 4.69) is 9.75 Å². The monoisotopic (exact) mass is 262 g/mol. The standard InChI is InChI=1S/C13H11ClN2O2/c1-17-11-7-8-13(12(9-11)15-16-14)18-10-5-3-2-4-6-10/h2-9H,1H3. The molecule has 0 aliphatic rings. The average molecular weight is 263 g/mol. The first-order chi connectivity index (χ1) is 8.83. The molecule has 2 aromatic carbocycles. The van der Waals surface area contributed by atoms with Crippen molar-refractivity contribution in [1.82, 2.24) is 0 Å². The molecule has 0 aliphatic heterocycles. The maximum Gasteiger partial charge on any atom is 0.155 e. The average Bonchev–Trinajstić information content (AvgIpc) is 2.42. The third kappa shape index (κ3) is 2.99. The van der Waals surface area contributed by atoms with E-state index in [0.717, 1.165) is 0 Å². The lowest BCUT2D eigenvalue weighted by Gasteiger charge is -2.08. The van der Waals surface area contributed by atoms with Crippen LogP contribution < -0.4 is 9.47 Å². The number of para-hydroxylation sites is 1. The molecule has 0 saturated heterocycles. The fourth-order valence-corrected chi connectivity index (χ4v) is 1.53. The summed E-state index contributed by atoms with van der Waals surface area (Å²) >= 11 is 5.27. The van der Waals surface area contributed by atoms with Gasteiger partial charge in [0.15, 0.2) is 5.75 Å². The molecule has 0 heterocycles. The highest BCUT2D eigenvalue weighted by Crippen LogP contribution is 2.35. The Bertz CT molecular complexity index is 544. The van der Waals surface area contributed by atoms with Crippen LogP contribution in [0.1, 0.15) is 0 Å². The summed E-state index contributed by atoms with van der Waals surface area (Å²) in [7, 11) is 1.58. The van der Waals surface area contributed by atoms with Crippen LogP contribution in [0.2, 0.25) is 0 Å². The summed E-state index contributed by atoms with van der Waals surface area (Å²) in [4.78, 5) is 0. The normalized spacial score (nSPS) is 10.6. The third-order valence-corrected chi connectivity index (χ3v) is 2.36. The summed E-state index contributed by atoms with van der Waals surface area (Å²) in [5, 5.41) is 3.80. The SMILES string of the molecule is COc1ccc(Oc2ccccc2)c(N=NCl)c1. The van der Waals surface area contributed by atoms with Gasteiger partial charge in [0.05, 0.1) is 18.9 Å². The molecule has 0 radical (unpaired) electrons. The summed E-state index contributed by atoms with van der Waals surface area (Å²) in [6.45, 7) is 0. The zero-order chi connectivity index (χ0) is 12.8. The van der Waals surface area contributed by atoms with Crippen LogP contribution in [0, 0.1) is 0 Å². The molecule has 18 heavy (non-hydrogen) atoms. The molecule has 0 atom stereocenters. The molecule has 92 valence electrons. The molecule has 5 heteroatoms. The van der Waals surface area contributed by atoms with Gasteiger partial charge >= 0.3 is 0 Å². The van der Waals surface area contributed by atoms with E-state index in [-0.39, 0.29) is 0 Å². The summed E-state index contributed by atoms with van der Waals surface area (Å²) < 4.78 is 14.0. The van der Waals surface area contributed by atoms with Crippen molar-refractivity contribution < 1.29 is 9.47 Å². The Labute approximate surface area is 110 Å². The second-order valence-electron chi connectivity index (χ2n) is 3.42. The highest BCUT2D eigenvalue weighted by atomic mass is 35.5. The van der Waals surface area contributed by atoms with E-state index in [1.807, 2.05) is 30.3 Å². The van der Waals surface area contributed by atoms with Crippen LogP contribution in [0.5, 0.6) is 17.2 Å². The Morgan fingerprint density at radius 1 is 1.00 bits per heavy atom. The van der Waals surface area contributed by atoms with Crippen molar-refractivity contribution in [3.8, 4) is 17.2 Å². The molecule has 0 saturated carbocycles. The van der Waals surface area contributed by atoms with E-state index in [9.17, 15) is 0 Å². The predicted molar refractivity (Wildman–Crippen MR) is 69.9 cm³/mol. The van der Waals surface area contributed by atoms with Crippen LogP contribution in [0.3, 0.4) is 0 Å². The predicted octanol–water partition coefficient (Wildman–Crippen LogP) is 4.73. The van der Waals surface area contributed by atoms with Crippen LogP contribution in [0.4, 0.5) is 5.69 Å². The van der Waals surface area contributed by atoms with Gasteiger partial charge in [-0.15, -0.1) is 5.11 Å². The Kier molecular flexibility index (Phi) is 4.15. The number of hydrogen-bond donors (Lipinski definition) is 0. The zero-order valence-corrected chi connectivity index (χ0v) is 10.5. The molecule has 2 rings (SSSR count). The maximum atomic E-state index is 5.69. The van der Waals surface area contributed by atoms with Gasteiger partial charge < -0.3 is 9.47 Å². The highest BCUT2D eigenvalue weighted by molar-refractivity contribution is 6.14. The lowest BCUT2D eigenvalue weighted by molar-refractivity contribution is 0.413. The van der Waals surface area contributed by atoms with Crippen molar-refractivity contribution in [2.75, 3.05) is 7.11 Å². The van der Waals surface area contributed by atoms with Crippen molar-refractivity contribution >= 4 is 17.5 Å². The van der Waals surface area contributed by atoms with Crippen molar-refractivity contribution in [1.29, 1.82) is 0 Å². The maximum absolute atomic E-state index is 5.69. The molecule has 0 aromatic heterocycles. The Morgan fingerprint density at radius 2 is 1.78 bits per heavy atom. The fraction of sp³-hybridized carbons (Fsp3) is 0.0769. The first-order valence-electron chi connectivity index (χ1n) is 5.26. The number of methoxy groups -OCH3 is 1. The highest BCUT2D eigenvalue weighted by Gasteiger charge is 2.06. The number of nitrogens with zero attached hydrogens (tertiary/aromatic N) is 2. The van der Waals surface area contributed by atoms with Crippen molar-refractivity contribution in [3.05, 3.63) is 48.5 Å². The van der Waals surface area contributed by atoms with Gasteiger partial charge in [0.1, 0.15) is 17.2 Å². The topological polar surface area (TPSA) is 43.2 Å². The van der Waals surface area contributed by atoms with Crippen molar-refractivity contribution in [3.63, 3.8) is 0 Å². The van der Waals surface area contributed by atoms with E-state index >= 15 is 0 Å². The number of ether oxygens (including phenoxy) is 2. The van der Waals surface area contributed by atoms with Gasteiger partial charge in [0, 0.05) is 6.07 Å². The first-order valence-corrected chi connectivity index (χ1v) is 5.60. The lowest BCUT2D eigenvalue weighted by Crippen LogP contribution is -1.86. The van der Waals surface area contributed by atoms with E-state index in [4.69, 9.17) is 21.3 Å². The van der Waals surface area contributed by atoms with E-state index in [1.165, 1.54) is 0 Å². The van der Waals surface area contributed by atoms with Gasteiger partial charge in [0.2, 0.25) is 0 Å². The van der Waals surface area contributed by atoms with E-state index in [0.29, 0.717) is 22.9 Å². The van der Waals surface area contributed by atoms with Crippen molar-refractivity contribution in [2.24, 2.45) is 9.75 Å². The minimum absolute atomic E-state index is 0.508. The van der Waals surface area contributed by atoms with Gasteiger partial charge in [-0.05, 0) is 24.3 Å². The molecule has 0 bridgehead atoms. The van der Waals surface area contributed by atoms with Crippen LogP contribution in [-0.2, 0) is 0 Å². The van der Waals surface area contributed by atoms with Gasteiger partial charge in [-0.3, -0.25) is 0 Å². The van der Waals surface area contributed by atoms with Crippen LogP contribution in [0.25, 0.3) is 0 Å². The lowest BCUT2D eigenvalue weighted by atomic mass is 10.2. The third-order valence-electron chi connectivity index (χ3n) is 2.28. The molecule has 4 nitrogen and oxygen atoms in total. The minimum Gasteiger partial charge on any atom is -0.497 e. The second-order valence-corrected chi connectivity index (χ2v) is 3.58. The van der Waals surface area contributed by atoms with Crippen molar-refractivity contribution in [2.45, 2.75) is 0 Å². The fourth-order valence-electron chi connectivity index (χ4n) is 1.44. The molecule has 0 amide bonds. The summed E-state index contributed by atoms with van der Waals surface area (Å²) in [5.74, 6) is 1.94. The quantitative estimate of drug-likeness (QED) is 0.748. The minimum atomic E-state index is 0.508. The summed E-state index contributed by atoms with van der Waals surface area (Å²) in [5.41, 5.74) is 0.508. The molecular formula is C13H11ClN2O2. The Morgan fingerprint density at radius 3 is 2.44 bits per heavy atom. The van der Waals surface area contributed by atoms with Crippen LogP contribution in [-0.4, -0.2) is 7.11 Å². The molecule has 0 aliphatic carbocycles. The van der Waals surface area contributed by atoms with Gasteiger partial charge in [0.25, 0.3) is 0 Å². The number of hydrogen-bond acceptors (Lipinski definition) is 4. The summed E-state index contributed by atoms with van der Waals surface area (Å²) in [6, 6.07) is 14.6. The number of halogens is 1. The molecule has 0 N–H and O–H groups in total. The Balaban J connectivity index is 2.32. The van der Waals surface area contributed by atoms with Crippen LogP contribution >= 0.6 is 11.8 Å². The van der Waals surface area contributed by atoms with Gasteiger partial charge in [-0.25, -0.2) is 0 Å². The molecule has 0 unspecified atom stereocenters. The van der Waals surface area contributed by atoms with E-state index in [1.54, 1.807) is 25.3 Å². The first kappa shape index (κ1) is 12.4. The van der Waals surface area contributed by atoms with Gasteiger partial charge in [-0.1, -0.05) is 22.8 Å². The molecule has 0 spiro atoms. The van der Waals surface area contributed by atoms with Crippen LogP contribution in [0.15, 0.2) is 58.3 Å². The number of benzene rings is 2. The van der Waals surface area contributed by atoms with E-state index < -0.39 is 0 Å². The zero-order valence-electron chi connectivity index (χ0n) is 9.71. The molecule has 0 fully saturated rings. The number of rotatable bonds is 4. The molecule has 2 aromatic rings. The summed E-state index contributed by atoms with van der Waals surface area (Å²) in [6.07, 6.45) is 0. The smallest absolute Gasteiger partial charge is 0.155 e. The Hall–Kier alpha value is -2.07. The van der Waals surface area contributed by atoms with Gasteiger partial charge in [-0.2, -0.15) is 0 Å². The largest absolute Gasteiger partial charge is 0.497 e.